The molecular formula is C14H20N2O2. The number of pyridine rings is 1. The maximum absolute atomic E-state index is 9.55. The van der Waals surface area contributed by atoms with Crippen molar-refractivity contribution in [1.82, 2.24) is 4.98 Å². The van der Waals surface area contributed by atoms with Crippen molar-refractivity contribution in [2.24, 2.45) is 5.41 Å². The Morgan fingerprint density at radius 1 is 1.33 bits per heavy atom. The highest BCUT2D eigenvalue weighted by molar-refractivity contribution is 5.87. The van der Waals surface area contributed by atoms with Gasteiger partial charge in [-0.15, -0.1) is 0 Å². The Labute approximate surface area is 107 Å². The molecule has 98 valence electrons. The van der Waals surface area contributed by atoms with Crippen molar-refractivity contribution < 1.29 is 9.52 Å². The lowest BCUT2D eigenvalue weighted by atomic mass is 9.83. The maximum Gasteiger partial charge on any atom is 0.139 e. The van der Waals surface area contributed by atoms with Crippen molar-refractivity contribution in [1.29, 1.82) is 0 Å². The van der Waals surface area contributed by atoms with Crippen LogP contribution in [0.3, 0.4) is 0 Å². The average molecular weight is 248 g/mol. The molecule has 0 aliphatic heterocycles. The molecule has 18 heavy (non-hydrogen) atoms. The van der Waals surface area contributed by atoms with Crippen LogP contribution >= 0.6 is 0 Å². The molecule has 0 radical (unpaired) electrons. The number of rotatable bonds is 6. The van der Waals surface area contributed by atoms with Gasteiger partial charge in [-0.3, -0.25) is 0 Å². The fourth-order valence-electron chi connectivity index (χ4n) is 2.09. The molecule has 0 aliphatic carbocycles. The van der Waals surface area contributed by atoms with E-state index in [0.29, 0.717) is 6.54 Å². The van der Waals surface area contributed by atoms with Crippen LogP contribution in [0.25, 0.3) is 11.0 Å². The summed E-state index contributed by atoms with van der Waals surface area (Å²) in [6, 6.07) is 3.75. The normalized spacial score (nSPS) is 11.9. The number of nitrogens with one attached hydrogen (secondary N) is 1. The first-order valence-electron chi connectivity index (χ1n) is 6.41. The first kappa shape index (κ1) is 12.9. The highest BCUT2D eigenvalue weighted by Gasteiger charge is 2.25. The van der Waals surface area contributed by atoms with Crippen LogP contribution in [-0.2, 0) is 0 Å². The summed E-state index contributed by atoms with van der Waals surface area (Å²) in [5.41, 5.74) is 0.753. The number of hydrogen-bond donors (Lipinski definition) is 2. The smallest absolute Gasteiger partial charge is 0.139 e. The summed E-state index contributed by atoms with van der Waals surface area (Å²) in [7, 11) is 0. The Hall–Kier alpha value is -1.55. The van der Waals surface area contributed by atoms with Crippen LogP contribution < -0.4 is 5.32 Å². The molecule has 0 spiro atoms. The fourth-order valence-corrected chi connectivity index (χ4v) is 2.09. The van der Waals surface area contributed by atoms with Crippen LogP contribution in [0.4, 0.5) is 5.82 Å². The van der Waals surface area contributed by atoms with Gasteiger partial charge in [0.15, 0.2) is 0 Å². The molecule has 0 saturated heterocycles. The van der Waals surface area contributed by atoms with Crippen molar-refractivity contribution in [3.8, 4) is 0 Å². The first-order chi connectivity index (χ1) is 8.74. The number of anilines is 1. The number of aromatic nitrogens is 1. The van der Waals surface area contributed by atoms with E-state index < -0.39 is 0 Å². The predicted molar refractivity (Wildman–Crippen MR) is 72.6 cm³/mol. The van der Waals surface area contributed by atoms with Gasteiger partial charge in [0, 0.05) is 18.2 Å². The van der Waals surface area contributed by atoms with Crippen LogP contribution in [0, 0.1) is 5.41 Å². The van der Waals surface area contributed by atoms with Gasteiger partial charge in [0.1, 0.15) is 11.4 Å². The first-order valence-corrected chi connectivity index (χ1v) is 6.41. The Morgan fingerprint density at radius 3 is 2.78 bits per heavy atom. The van der Waals surface area contributed by atoms with Crippen molar-refractivity contribution in [3.63, 3.8) is 0 Å². The van der Waals surface area contributed by atoms with Crippen molar-refractivity contribution >= 4 is 16.8 Å². The molecule has 0 saturated carbocycles. The van der Waals surface area contributed by atoms with Crippen molar-refractivity contribution in [3.05, 3.63) is 24.6 Å². The number of nitrogens with zero attached hydrogens (tertiary/aromatic N) is 1. The van der Waals surface area contributed by atoms with Crippen LogP contribution in [0.15, 0.2) is 29.0 Å². The molecule has 0 aromatic carbocycles. The molecule has 2 N–H and O–H groups in total. The lowest BCUT2D eigenvalue weighted by Gasteiger charge is -2.29. The van der Waals surface area contributed by atoms with E-state index in [1.54, 1.807) is 12.5 Å². The monoisotopic (exact) mass is 248 g/mol. The van der Waals surface area contributed by atoms with Crippen LogP contribution in [-0.4, -0.2) is 23.2 Å². The van der Waals surface area contributed by atoms with E-state index in [4.69, 9.17) is 4.42 Å². The van der Waals surface area contributed by atoms with E-state index in [9.17, 15) is 5.11 Å². The van der Waals surface area contributed by atoms with Crippen LogP contribution in [0.5, 0.6) is 0 Å². The van der Waals surface area contributed by atoms with Gasteiger partial charge in [0.2, 0.25) is 0 Å². The van der Waals surface area contributed by atoms with Crippen LogP contribution in [0.2, 0.25) is 0 Å². The largest absolute Gasteiger partial charge is 0.464 e. The third kappa shape index (κ3) is 2.34. The molecule has 2 heterocycles. The number of fused-ring (bicyclic) bond motifs is 1. The number of aliphatic hydroxyl groups is 1. The minimum absolute atomic E-state index is 0.0758. The molecular weight excluding hydrogens is 228 g/mol. The molecule has 0 atom stereocenters. The van der Waals surface area contributed by atoms with E-state index in [2.05, 4.69) is 24.1 Å². The molecule has 0 aliphatic rings. The van der Waals surface area contributed by atoms with Gasteiger partial charge in [-0.1, -0.05) is 13.8 Å². The summed E-state index contributed by atoms with van der Waals surface area (Å²) in [5.74, 6) is 0.820. The average Bonchev–Trinajstić information content (AvgIpc) is 2.90. The second kappa shape index (κ2) is 5.40. The molecule has 2 rings (SSSR count). The Bertz CT molecular complexity index is 495. The Balaban J connectivity index is 2.17. The van der Waals surface area contributed by atoms with Gasteiger partial charge in [-0.2, -0.15) is 0 Å². The summed E-state index contributed by atoms with van der Waals surface area (Å²) >= 11 is 0. The minimum Gasteiger partial charge on any atom is -0.464 e. The van der Waals surface area contributed by atoms with E-state index >= 15 is 0 Å². The lowest BCUT2D eigenvalue weighted by Crippen LogP contribution is -2.32. The molecule has 2 aromatic rings. The second-order valence-electron chi connectivity index (χ2n) is 4.71. The van der Waals surface area contributed by atoms with E-state index in [1.165, 1.54) is 0 Å². The van der Waals surface area contributed by atoms with E-state index in [-0.39, 0.29) is 12.0 Å². The van der Waals surface area contributed by atoms with E-state index in [1.807, 2.05) is 12.1 Å². The maximum atomic E-state index is 9.55. The van der Waals surface area contributed by atoms with Crippen LogP contribution in [0.1, 0.15) is 26.7 Å². The highest BCUT2D eigenvalue weighted by atomic mass is 16.3. The molecule has 0 amide bonds. The fraction of sp³-hybridized carbons (Fsp3) is 0.500. The van der Waals surface area contributed by atoms with E-state index in [0.717, 1.165) is 29.6 Å². The lowest BCUT2D eigenvalue weighted by molar-refractivity contribution is 0.127. The number of furan rings is 1. The zero-order valence-electron chi connectivity index (χ0n) is 10.9. The van der Waals surface area contributed by atoms with Gasteiger partial charge in [-0.05, 0) is 25.0 Å². The Kier molecular flexibility index (Phi) is 3.87. The second-order valence-corrected chi connectivity index (χ2v) is 4.71. The summed E-state index contributed by atoms with van der Waals surface area (Å²) < 4.78 is 5.34. The van der Waals surface area contributed by atoms with Crippen molar-refractivity contribution in [2.45, 2.75) is 26.7 Å². The third-order valence-electron chi connectivity index (χ3n) is 3.85. The zero-order chi connectivity index (χ0) is 13.0. The topological polar surface area (TPSA) is 58.3 Å². The summed E-state index contributed by atoms with van der Waals surface area (Å²) in [5, 5.41) is 13.9. The van der Waals surface area contributed by atoms with Crippen molar-refractivity contribution in [2.75, 3.05) is 18.5 Å². The number of hydrogen-bond acceptors (Lipinski definition) is 4. The van der Waals surface area contributed by atoms with Gasteiger partial charge in [0.25, 0.3) is 0 Å². The van der Waals surface area contributed by atoms with Gasteiger partial charge in [-0.25, -0.2) is 4.98 Å². The standard InChI is InChI=1S/C14H20N2O2/c1-3-14(4-2,10-17)9-16-13-11-6-8-18-12(11)5-7-15-13/h5-8,17H,3-4,9-10H2,1-2H3,(H,15,16). The van der Waals surface area contributed by atoms with Gasteiger partial charge < -0.3 is 14.8 Å². The SMILES string of the molecule is CCC(CC)(CO)CNc1nccc2occc12. The molecule has 2 aromatic heterocycles. The highest BCUT2D eigenvalue weighted by Crippen LogP contribution is 2.28. The summed E-state index contributed by atoms with van der Waals surface area (Å²) in [4.78, 5) is 4.33. The molecule has 0 bridgehead atoms. The van der Waals surface area contributed by atoms with Gasteiger partial charge in [0.05, 0.1) is 18.3 Å². The van der Waals surface area contributed by atoms with Gasteiger partial charge >= 0.3 is 0 Å². The molecule has 0 fully saturated rings. The zero-order valence-corrected chi connectivity index (χ0v) is 10.9. The predicted octanol–water partition coefficient (Wildman–Crippen LogP) is 3.04. The molecule has 4 nitrogen and oxygen atoms in total. The summed E-state index contributed by atoms with van der Waals surface area (Å²) in [6.07, 6.45) is 5.27. The quantitative estimate of drug-likeness (QED) is 0.825. The summed E-state index contributed by atoms with van der Waals surface area (Å²) in [6.45, 7) is 5.11. The molecule has 4 heteroatoms. The molecule has 0 unspecified atom stereocenters. The third-order valence-corrected chi connectivity index (χ3v) is 3.85. The Morgan fingerprint density at radius 2 is 2.11 bits per heavy atom. The minimum atomic E-state index is -0.0758. The number of aliphatic hydroxyl groups excluding tert-OH is 1.